The van der Waals surface area contributed by atoms with Crippen LogP contribution in [0.4, 0.5) is 5.82 Å². The molecule has 8 nitrogen and oxygen atoms in total. The summed E-state index contributed by atoms with van der Waals surface area (Å²) in [6.07, 6.45) is 10.2. The van der Waals surface area contributed by atoms with E-state index in [2.05, 4.69) is 32.0 Å². The molecule has 1 atom stereocenters. The van der Waals surface area contributed by atoms with Crippen LogP contribution in [0.2, 0.25) is 10.0 Å². The van der Waals surface area contributed by atoms with Gasteiger partial charge in [-0.25, -0.2) is 9.97 Å². The highest BCUT2D eigenvalue weighted by Crippen LogP contribution is 2.48. The van der Waals surface area contributed by atoms with Gasteiger partial charge in [0, 0.05) is 34.5 Å². The van der Waals surface area contributed by atoms with Crippen LogP contribution >= 0.6 is 23.2 Å². The Morgan fingerprint density at radius 2 is 1.94 bits per heavy atom. The van der Waals surface area contributed by atoms with Gasteiger partial charge in [-0.05, 0) is 37.5 Å². The number of rotatable bonds is 3. The summed E-state index contributed by atoms with van der Waals surface area (Å²) in [5, 5.41) is 9.75. The Balaban J connectivity index is 1.52. The second-order valence-corrected chi connectivity index (χ2v) is 8.70. The first-order chi connectivity index (χ1) is 15.1. The zero-order valence-electron chi connectivity index (χ0n) is 16.7. The number of fused-ring (bicyclic) bond motifs is 6. The third-order valence-corrected chi connectivity index (χ3v) is 6.70. The van der Waals surface area contributed by atoms with Gasteiger partial charge < -0.3 is 4.90 Å². The van der Waals surface area contributed by atoms with E-state index >= 15 is 0 Å². The summed E-state index contributed by atoms with van der Waals surface area (Å²) in [6.45, 7) is 3.12. The molecule has 1 fully saturated rings. The van der Waals surface area contributed by atoms with Gasteiger partial charge in [-0.1, -0.05) is 30.1 Å². The molecule has 6 rings (SSSR count). The number of hydrogen-bond acceptors (Lipinski definition) is 6. The van der Waals surface area contributed by atoms with Crippen molar-refractivity contribution in [3.8, 4) is 23.0 Å². The fraction of sp³-hybridized carbons (Fsp3) is 0.286. The van der Waals surface area contributed by atoms with Crippen molar-refractivity contribution in [1.82, 2.24) is 34.3 Å². The molecule has 4 aromatic rings. The van der Waals surface area contributed by atoms with Gasteiger partial charge in [-0.3, -0.25) is 9.13 Å². The van der Waals surface area contributed by atoms with Crippen LogP contribution in [-0.2, 0) is 5.54 Å². The lowest BCUT2D eigenvalue weighted by atomic mass is 9.90. The number of aromatic nitrogens is 7. The lowest BCUT2D eigenvalue weighted by Gasteiger charge is -2.42. The Kier molecular flexibility index (Phi) is 4.10. The maximum atomic E-state index is 6.22. The fourth-order valence-electron chi connectivity index (χ4n) is 4.88. The predicted octanol–water partition coefficient (Wildman–Crippen LogP) is 4.44. The standard InChI is InChI=1S/C21H18Cl2N8/c1-2-21-4-3-6-31(21)18-16(30-12-26-28-19(21)30)11-25-20(27-18)29-7-5-24-17(29)13-8-14(22)10-15(23)9-13/h5,7-12H,2-4,6H2,1H3/t21-/m0/s1. The van der Waals surface area contributed by atoms with E-state index in [9.17, 15) is 0 Å². The average molecular weight is 453 g/mol. The molecule has 0 N–H and O–H groups in total. The molecule has 0 saturated carbocycles. The molecule has 31 heavy (non-hydrogen) atoms. The Morgan fingerprint density at radius 3 is 2.74 bits per heavy atom. The van der Waals surface area contributed by atoms with E-state index in [1.54, 1.807) is 18.6 Å². The van der Waals surface area contributed by atoms with Crippen molar-refractivity contribution in [2.45, 2.75) is 31.7 Å². The Morgan fingerprint density at radius 1 is 1.10 bits per heavy atom. The zero-order chi connectivity index (χ0) is 21.2. The Bertz CT molecular complexity index is 1290. The first-order valence-corrected chi connectivity index (χ1v) is 10.9. The van der Waals surface area contributed by atoms with Crippen LogP contribution in [0.25, 0.3) is 23.0 Å². The Hall–Kier alpha value is -2.97. The summed E-state index contributed by atoms with van der Waals surface area (Å²) < 4.78 is 3.88. The molecule has 2 aliphatic rings. The lowest BCUT2D eigenvalue weighted by Crippen LogP contribution is -2.46. The first-order valence-electron chi connectivity index (χ1n) is 10.2. The molecule has 2 aliphatic heterocycles. The minimum absolute atomic E-state index is 0.187. The van der Waals surface area contributed by atoms with Crippen LogP contribution in [0.5, 0.6) is 0 Å². The van der Waals surface area contributed by atoms with Gasteiger partial charge in [0.15, 0.2) is 11.6 Å². The summed E-state index contributed by atoms with van der Waals surface area (Å²) in [5.41, 5.74) is 1.50. The molecule has 0 aliphatic carbocycles. The monoisotopic (exact) mass is 452 g/mol. The van der Waals surface area contributed by atoms with Crippen molar-refractivity contribution in [1.29, 1.82) is 0 Å². The van der Waals surface area contributed by atoms with Gasteiger partial charge in [0.05, 0.1) is 6.20 Å². The Labute approximate surface area is 188 Å². The van der Waals surface area contributed by atoms with E-state index in [-0.39, 0.29) is 5.54 Å². The van der Waals surface area contributed by atoms with Crippen molar-refractivity contribution in [3.63, 3.8) is 0 Å². The molecule has 10 heteroatoms. The highest BCUT2D eigenvalue weighted by atomic mass is 35.5. The van der Waals surface area contributed by atoms with Crippen LogP contribution in [0.15, 0.2) is 43.1 Å². The second kappa shape index (κ2) is 6.77. The molecule has 0 unspecified atom stereocenters. The SMILES string of the molecule is CC[C@@]12CCCN1c1nc(-n3ccnc3-c3cc(Cl)cc(Cl)c3)ncc1-n1cnnc12. The van der Waals surface area contributed by atoms with E-state index in [1.807, 2.05) is 33.7 Å². The van der Waals surface area contributed by atoms with Crippen molar-refractivity contribution >= 4 is 29.0 Å². The van der Waals surface area contributed by atoms with Gasteiger partial charge in [0.2, 0.25) is 5.95 Å². The minimum Gasteiger partial charge on any atom is -0.342 e. The summed E-state index contributed by atoms with van der Waals surface area (Å²) in [6, 6.07) is 5.36. The predicted molar refractivity (Wildman–Crippen MR) is 118 cm³/mol. The molecule has 0 bridgehead atoms. The van der Waals surface area contributed by atoms with Crippen LogP contribution in [0, 0.1) is 0 Å². The molecule has 0 spiro atoms. The molecule has 156 valence electrons. The normalized spacial score (nSPS) is 19.3. The van der Waals surface area contributed by atoms with E-state index in [4.69, 9.17) is 28.2 Å². The van der Waals surface area contributed by atoms with Gasteiger partial charge in [-0.2, -0.15) is 4.98 Å². The van der Waals surface area contributed by atoms with Gasteiger partial charge in [0.1, 0.15) is 23.4 Å². The number of anilines is 1. The highest BCUT2D eigenvalue weighted by Gasteiger charge is 2.49. The summed E-state index contributed by atoms with van der Waals surface area (Å²) in [7, 11) is 0. The van der Waals surface area contributed by atoms with E-state index in [1.165, 1.54) is 0 Å². The summed E-state index contributed by atoms with van der Waals surface area (Å²) in [4.78, 5) is 16.5. The van der Waals surface area contributed by atoms with Gasteiger partial charge >= 0.3 is 0 Å². The molecular formula is C21H18Cl2N8. The zero-order valence-corrected chi connectivity index (χ0v) is 18.2. The van der Waals surface area contributed by atoms with E-state index in [0.717, 1.165) is 48.7 Å². The molecule has 0 amide bonds. The first kappa shape index (κ1) is 18.8. The smallest absolute Gasteiger partial charge is 0.237 e. The second-order valence-electron chi connectivity index (χ2n) is 7.82. The minimum atomic E-state index is -0.187. The van der Waals surface area contributed by atoms with Crippen molar-refractivity contribution in [3.05, 3.63) is 59.0 Å². The van der Waals surface area contributed by atoms with Gasteiger partial charge in [0.25, 0.3) is 0 Å². The van der Waals surface area contributed by atoms with Crippen LogP contribution in [0.1, 0.15) is 32.0 Å². The van der Waals surface area contributed by atoms with Crippen LogP contribution < -0.4 is 4.90 Å². The number of halogens is 2. The average Bonchev–Trinajstić information content (AvgIpc) is 3.51. The quantitative estimate of drug-likeness (QED) is 0.457. The summed E-state index contributed by atoms with van der Waals surface area (Å²) >= 11 is 12.4. The number of benzene rings is 1. The van der Waals surface area contributed by atoms with Crippen LogP contribution in [-0.4, -0.2) is 40.8 Å². The molecule has 1 saturated heterocycles. The third kappa shape index (κ3) is 2.64. The molecule has 3 aromatic heterocycles. The lowest BCUT2D eigenvalue weighted by molar-refractivity contribution is 0.382. The van der Waals surface area contributed by atoms with Crippen molar-refractivity contribution < 1.29 is 0 Å². The number of hydrogen-bond donors (Lipinski definition) is 0. The molecule has 0 radical (unpaired) electrons. The maximum Gasteiger partial charge on any atom is 0.237 e. The van der Waals surface area contributed by atoms with E-state index in [0.29, 0.717) is 21.8 Å². The fourth-order valence-corrected chi connectivity index (χ4v) is 5.40. The number of imidazole rings is 1. The molecular weight excluding hydrogens is 435 g/mol. The molecule has 1 aromatic carbocycles. The van der Waals surface area contributed by atoms with Crippen molar-refractivity contribution in [2.75, 3.05) is 11.4 Å². The highest BCUT2D eigenvalue weighted by molar-refractivity contribution is 6.35. The van der Waals surface area contributed by atoms with Crippen molar-refractivity contribution in [2.24, 2.45) is 0 Å². The van der Waals surface area contributed by atoms with E-state index < -0.39 is 0 Å². The third-order valence-electron chi connectivity index (χ3n) is 6.27. The van der Waals surface area contributed by atoms with Gasteiger partial charge in [-0.15, -0.1) is 10.2 Å². The topological polar surface area (TPSA) is 77.5 Å². The maximum absolute atomic E-state index is 6.22. The molecule has 5 heterocycles. The van der Waals surface area contributed by atoms with Crippen LogP contribution in [0.3, 0.4) is 0 Å². The largest absolute Gasteiger partial charge is 0.342 e. The summed E-state index contributed by atoms with van der Waals surface area (Å²) in [5.74, 6) is 3.07. The number of nitrogens with zero attached hydrogens (tertiary/aromatic N) is 8.